The Hall–Kier alpha value is -1.70. The van der Waals surface area contributed by atoms with Crippen LogP contribution in [0.5, 0.6) is 0 Å². The van der Waals surface area contributed by atoms with Gasteiger partial charge in [0, 0.05) is 21.5 Å². The van der Waals surface area contributed by atoms with E-state index in [9.17, 15) is 15.0 Å². The van der Waals surface area contributed by atoms with Gasteiger partial charge in [-0.2, -0.15) is 0 Å². The van der Waals surface area contributed by atoms with Crippen LogP contribution in [0.15, 0.2) is 6.07 Å². The number of pyridine rings is 1. The van der Waals surface area contributed by atoms with Crippen LogP contribution in [0.1, 0.15) is 28.0 Å². The average molecular weight is 309 g/mol. The first-order chi connectivity index (χ1) is 9.81. The lowest BCUT2D eigenvalue weighted by Crippen LogP contribution is -2.51. The molecule has 0 aliphatic heterocycles. The van der Waals surface area contributed by atoms with Crippen LogP contribution < -0.4 is 11.1 Å². The summed E-state index contributed by atoms with van der Waals surface area (Å²) in [4.78, 5) is 17.1. The second-order valence-corrected chi connectivity index (χ2v) is 6.45. The first kappa shape index (κ1) is 15.7. The number of nitrogens with two attached hydrogens (primary N) is 1. The van der Waals surface area contributed by atoms with E-state index in [1.165, 1.54) is 11.3 Å². The smallest absolute Gasteiger partial charge is 0.264 e. The number of nitrogens with zero attached hydrogens (tertiary/aromatic N) is 1. The quantitative estimate of drug-likeness (QED) is 0.673. The van der Waals surface area contributed by atoms with Crippen molar-refractivity contribution in [2.75, 3.05) is 18.9 Å². The van der Waals surface area contributed by atoms with Crippen LogP contribution in [0.3, 0.4) is 0 Å². The van der Waals surface area contributed by atoms with Crippen molar-refractivity contribution in [2.24, 2.45) is 0 Å². The number of rotatable bonds is 4. The highest BCUT2D eigenvalue weighted by atomic mass is 32.1. The molecule has 114 valence electrons. The molecule has 0 aromatic carbocycles. The maximum Gasteiger partial charge on any atom is 0.264 e. The lowest BCUT2D eigenvalue weighted by molar-refractivity contribution is 0.0728. The number of aliphatic hydroxyl groups is 2. The van der Waals surface area contributed by atoms with E-state index in [0.29, 0.717) is 10.6 Å². The number of fused-ring (bicyclic) bond motifs is 1. The normalized spacial score (nSPS) is 11.9. The molecule has 0 spiro atoms. The number of amides is 1. The Balaban J connectivity index is 2.45. The Kier molecular flexibility index (Phi) is 4.18. The Morgan fingerprint density at radius 1 is 1.43 bits per heavy atom. The Bertz CT molecular complexity index is 692. The van der Waals surface area contributed by atoms with Gasteiger partial charge in [-0.1, -0.05) is 0 Å². The van der Waals surface area contributed by atoms with Crippen molar-refractivity contribution in [1.82, 2.24) is 10.3 Å². The number of carbonyl (C=O) groups is 1. The molecule has 0 saturated heterocycles. The monoisotopic (exact) mass is 309 g/mol. The van der Waals surface area contributed by atoms with E-state index >= 15 is 0 Å². The van der Waals surface area contributed by atoms with E-state index < -0.39 is 11.4 Å². The predicted molar refractivity (Wildman–Crippen MR) is 83.5 cm³/mol. The molecule has 21 heavy (non-hydrogen) atoms. The largest absolute Gasteiger partial charge is 0.397 e. The zero-order valence-corrected chi connectivity index (χ0v) is 13.0. The number of carbonyl (C=O) groups excluding carboxylic acids is 1. The Morgan fingerprint density at radius 3 is 2.62 bits per heavy atom. The molecular formula is C14H19N3O3S. The van der Waals surface area contributed by atoms with E-state index in [2.05, 4.69) is 10.3 Å². The molecule has 2 rings (SSSR count). The van der Waals surface area contributed by atoms with E-state index in [-0.39, 0.29) is 13.2 Å². The summed E-state index contributed by atoms with van der Waals surface area (Å²) in [5.41, 5.74) is 7.03. The van der Waals surface area contributed by atoms with Gasteiger partial charge in [-0.25, -0.2) is 0 Å². The maximum atomic E-state index is 12.3. The first-order valence-corrected chi connectivity index (χ1v) is 7.33. The Morgan fingerprint density at radius 2 is 2.05 bits per heavy atom. The van der Waals surface area contributed by atoms with Gasteiger partial charge in [-0.15, -0.1) is 11.3 Å². The van der Waals surface area contributed by atoms with Crippen molar-refractivity contribution >= 4 is 33.0 Å². The lowest BCUT2D eigenvalue weighted by Gasteiger charge is -2.25. The molecule has 7 heteroatoms. The number of aliphatic hydroxyl groups excluding tert-OH is 2. The number of aryl methyl sites for hydroxylation is 2. The summed E-state index contributed by atoms with van der Waals surface area (Å²) in [6.45, 7) is 4.58. The van der Waals surface area contributed by atoms with E-state index in [1.807, 2.05) is 19.9 Å². The molecule has 5 N–H and O–H groups in total. The van der Waals surface area contributed by atoms with Crippen LogP contribution >= 0.6 is 11.3 Å². The van der Waals surface area contributed by atoms with E-state index in [0.717, 1.165) is 21.5 Å². The van der Waals surface area contributed by atoms with Crippen molar-refractivity contribution in [3.05, 3.63) is 22.3 Å². The highest BCUT2D eigenvalue weighted by Gasteiger charge is 2.27. The van der Waals surface area contributed by atoms with Gasteiger partial charge in [-0.05, 0) is 26.8 Å². The fourth-order valence-corrected chi connectivity index (χ4v) is 3.27. The predicted octanol–water partition coefficient (Wildman–Crippen LogP) is 0.968. The maximum absolute atomic E-state index is 12.3. The summed E-state index contributed by atoms with van der Waals surface area (Å²) in [5, 5.41) is 21.9. The van der Waals surface area contributed by atoms with Gasteiger partial charge in [0.15, 0.2) is 0 Å². The third-order valence-corrected chi connectivity index (χ3v) is 4.49. The molecule has 0 fully saturated rings. The van der Waals surface area contributed by atoms with Gasteiger partial charge in [0.2, 0.25) is 0 Å². The van der Waals surface area contributed by atoms with Crippen LogP contribution in [0.4, 0.5) is 5.69 Å². The van der Waals surface area contributed by atoms with Gasteiger partial charge in [0.05, 0.1) is 24.4 Å². The van der Waals surface area contributed by atoms with E-state index in [1.54, 1.807) is 6.92 Å². The van der Waals surface area contributed by atoms with Crippen molar-refractivity contribution in [3.63, 3.8) is 0 Å². The second kappa shape index (κ2) is 5.59. The molecule has 0 bridgehead atoms. The molecule has 6 nitrogen and oxygen atoms in total. The van der Waals surface area contributed by atoms with Crippen LogP contribution in [0, 0.1) is 13.8 Å². The minimum Gasteiger partial charge on any atom is -0.397 e. The van der Waals surface area contributed by atoms with Crippen LogP contribution in [-0.4, -0.2) is 39.9 Å². The molecule has 0 radical (unpaired) electrons. The summed E-state index contributed by atoms with van der Waals surface area (Å²) < 4.78 is 0.900. The lowest BCUT2D eigenvalue weighted by atomic mass is 10.1. The zero-order valence-electron chi connectivity index (χ0n) is 12.2. The topological polar surface area (TPSA) is 108 Å². The second-order valence-electron chi connectivity index (χ2n) is 5.40. The molecule has 2 aromatic rings. The van der Waals surface area contributed by atoms with Crippen molar-refractivity contribution < 1.29 is 15.0 Å². The number of aromatic nitrogens is 1. The summed E-state index contributed by atoms with van der Waals surface area (Å²) in [6, 6.07) is 1.89. The Labute approximate surface area is 126 Å². The first-order valence-electron chi connectivity index (χ1n) is 6.52. The summed E-state index contributed by atoms with van der Waals surface area (Å²) in [6.07, 6.45) is 0. The van der Waals surface area contributed by atoms with Gasteiger partial charge < -0.3 is 21.3 Å². The molecular weight excluding hydrogens is 290 g/mol. The van der Waals surface area contributed by atoms with Crippen LogP contribution in [-0.2, 0) is 0 Å². The van der Waals surface area contributed by atoms with Gasteiger partial charge in [0.25, 0.3) is 5.91 Å². The SMILES string of the molecule is Cc1cc2sc(C(=O)NC(C)(CO)CO)c(N)c2c(C)n1. The van der Waals surface area contributed by atoms with Crippen LogP contribution in [0.2, 0.25) is 0 Å². The summed E-state index contributed by atoms with van der Waals surface area (Å²) in [7, 11) is 0. The summed E-state index contributed by atoms with van der Waals surface area (Å²) >= 11 is 1.28. The average Bonchev–Trinajstić information content (AvgIpc) is 2.75. The molecule has 0 unspecified atom stereocenters. The molecule has 0 saturated carbocycles. The molecule has 0 atom stereocenters. The number of nitrogen functional groups attached to an aromatic ring is 1. The van der Waals surface area contributed by atoms with Gasteiger partial charge >= 0.3 is 0 Å². The fraction of sp³-hybridized carbons (Fsp3) is 0.429. The number of anilines is 1. The minimum absolute atomic E-state index is 0.361. The zero-order chi connectivity index (χ0) is 15.8. The van der Waals surface area contributed by atoms with Gasteiger partial charge in [0.1, 0.15) is 4.88 Å². The minimum atomic E-state index is -1.08. The molecule has 0 aliphatic carbocycles. The molecule has 2 aromatic heterocycles. The highest BCUT2D eigenvalue weighted by molar-refractivity contribution is 7.21. The third kappa shape index (κ3) is 2.85. The highest BCUT2D eigenvalue weighted by Crippen LogP contribution is 2.35. The van der Waals surface area contributed by atoms with E-state index in [4.69, 9.17) is 5.73 Å². The number of thiophene rings is 1. The number of hydrogen-bond donors (Lipinski definition) is 4. The standard InChI is InChI=1S/C14H19N3O3S/c1-7-4-9-10(8(2)16-7)11(15)12(21-9)13(20)17-14(3,5-18)6-19/h4,18-19H,5-6,15H2,1-3H3,(H,17,20). The molecule has 0 aliphatic rings. The molecule has 2 heterocycles. The fourth-order valence-electron chi connectivity index (χ4n) is 2.11. The third-order valence-electron chi connectivity index (χ3n) is 3.34. The summed E-state index contributed by atoms with van der Waals surface area (Å²) in [5.74, 6) is -0.406. The van der Waals surface area contributed by atoms with Crippen molar-refractivity contribution in [2.45, 2.75) is 26.3 Å². The molecule has 1 amide bonds. The van der Waals surface area contributed by atoms with Crippen LogP contribution in [0.25, 0.3) is 10.1 Å². The number of hydrogen-bond acceptors (Lipinski definition) is 6. The number of nitrogens with one attached hydrogen (secondary N) is 1. The van der Waals surface area contributed by atoms with Crippen molar-refractivity contribution in [3.8, 4) is 0 Å². The van der Waals surface area contributed by atoms with Crippen molar-refractivity contribution in [1.29, 1.82) is 0 Å². The van der Waals surface area contributed by atoms with Gasteiger partial charge in [-0.3, -0.25) is 9.78 Å².